The number of hydrogen-bond acceptors (Lipinski definition) is 6. The Labute approximate surface area is 164 Å². The van der Waals surface area contributed by atoms with Crippen LogP contribution in [0, 0.1) is 0 Å². The molecule has 0 atom stereocenters. The van der Waals surface area contributed by atoms with E-state index < -0.39 is 29.4 Å². The average molecular weight is 393 g/mol. The molecule has 1 aromatic rings. The molecule has 0 heterocycles. The van der Waals surface area contributed by atoms with E-state index >= 15 is 0 Å². The smallest absolute Gasteiger partial charge is 0.437 e. The molecular weight excluding hydrogens is 366 g/mol. The summed E-state index contributed by atoms with van der Waals surface area (Å²) in [6.07, 6.45) is -1.72. The van der Waals surface area contributed by atoms with Gasteiger partial charge in [0.25, 0.3) is 0 Å². The number of rotatable bonds is 2. The lowest BCUT2D eigenvalue weighted by Gasteiger charge is -2.21. The summed E-state index contributed by atoms with van der Waals surface area (Å²) in [5.41, 5.74) is -0.837. The number of hydrogen-bond donors (Lipinski definition) is 2. The third-order valence-corrected chi connectivity index (χ3v) is 2.76. The standard InChI is InChI=1S/C19H27N3O6/c1-18(2,3)27-16(24)21-15(22-17(25)28-19(4,5)6)20-13-10-8-9-12(11-13)14(23)26-7/h8-11H,1-7H3,(H2,20,21,22,24,25). The molecule has 0 bridgehead atoms. The fraction of sp³-hybridized carbons (Fsp3) is 0.474. The third kappa shape index (κ3) is 9.02. The number of carbonyl (C=O) groups is 3. The summed E-state index contributed by atoms with van der Waals surface area (Å²) in [7, 11) is 1.27. The molecule has 0 saturated heterocycles. The van der Waals surface area contributed by atoms with Crippen molar-refractivity contribution in [1.82, 2.24) is 5.32 Å². The predicted octanol–water partition coefficient (Wildman–Crippen LogP) is 3.70. The highest BCUT2D eigenvalue weighted by Crippen LogP contribution is 2.13. The molecule has 0 spiro atoms. The van der Waals surface area contributed by atoms with Gasteiger partial charge in [-0.2, -0.15) is 0 Å². The summed E-state index contributed by atoms with van der Waals surface area (Å²) in [4.78, 5) is 39.5. The molecule has 1 rings (SSSR count). The number of anilines is 1. The van der Waals surface area contributed by atoms with Crippen molar-refractivity contribution in [2.75, 3.05) is 12.4 Å². The summed E-state index contributed by atoms with van der Waals surface area (Å²) in [6, 6.07) is 6.26. The van der Waals surface area contributed by atoms with Crippen molar-refractivity contribution in [1.29, 1.82) is 0 Å². The zero-order valence-corrected chi connectivity index (χ0v) is 17.2. The maximum Gasteiger partial charge on any atom is 0.437 e. The van der Waals surface area contributed by atoms with Crippen LogP contribution in [0.3, 0.4) is 0 Å². The molecule has 0 aromatic heterocycles. The number of guanidine groups is 1. The quantitative estimate of drug-likeness (QED) is 0.341. The molecular formula is C19H27N3O6. The van der Waals surface area contributed by atoms with Gasteiger partial charge in [0.2, 0.25) is 5.96 Å². The Morgan fingerprint density at radius 1 is 0.964 bits per heavy atom. The molecule has 0 fully saturated rings. The number of benzene rings is 1. The highest BCUT2D eigenvalue weighted by molar-refractivity contribution is 6.06. The number of aliphatic imine (C=N–C) groups is 1. The highest BCUT2D eigenvalue weighted by atomic mass is 16.6. The number of nitrogens with one attached hydrogen (secondary N) is 2. The molecule has 0 aliphatic heterocycles. The molecule has 2 amide bonds. The van der Waals surface area contributed by atoms with Crippen molar-refractivity contribution in [3.63, 3.8) is 0 Å². The molecule has 0 saturated carbocycles. The topological polar surface area (TPSA) is 115 Å². The summed E-state index contributed by atoms with van der Waals surface area (Å²) in [6.45, 7) is 10.2. The van der Waals surface area contributed by atoms with E-state index in [2.05, 4.69) is 20.4 Å². The van der Waals surface area contributed by atoms with Gasteiger partial charge in [-0.05, 0) is 59.7 Å². The van der Waals surface area contributed by atoms with Crippen molar-refractivity contribution < 1.29 is 28.6 Å². The minimum absolute atomic E-state index is 0.217. The molecule has 0 radical (unpaired) electrons. The second kappa shape index (κ2) is 9.20. The number of methoxy groups -OCH3 is 1. The molecule has 28 heavy (non-hydrogen) atoms. The molecule has 9 heteroatoms. The molecule has 0 unspecified atom stereocenters. The number of ether oxygens (including phenoxy) is 3. The average Bonchev–Trinajstić information content (AvgIpc) is 2.50. The molecule has 154 valence electrons. The Balaban J connectivity index is 3.08. The van der Waals surface area contributed by atoms with E-state index in [-0.39, 0.29) is 11.5 Å². The monoisotopic (exact) mass is 393 g/mol. The van der Waals surface area contributed by atoms with Crippen LogP contribution in [0.4, 0.5) is 15.3 Å². The van der Waals surface area contributed by atoms with E-state index in [4.69, 9.17) is 9.47 Å². The van der Waals surface area contributed by atoms with Crippen LogP contribution >= 0.6 is 0 Å². The van der Waals surface area contributed by atoms with Crippen molar-refractivity contribution in [3.05, 3.63) is 29.8 Å². The van der Waals surface area contributed by atoms with Gasteiger partial charge in [0.05, 0.1) is 12.7 Å². The Morgan fingerprint density at radius 2 is 1.57 bits per heavy atom. The summed E-state index contributed by atoms with van der Waals surface area (Å²) >= 11 is 0. The Morgan fingerprint density at radius 3 is 2.11 bits per heavy atom. The van der Waals surface area contributed by atoms with Gasteiger partial charge in [0, 0.05) is 5.69 Å². The second-order valence-corrected chi connectivity index (χ2v) is 7.77. The minimum atomic E-state index is -0.907. The fourth-order valence-corrected chi connectivity index (χ4v) is 1.84. The number of nitrogens with zero attached hydrogens (tertiary/aromatic N) is 1. The van der Waals surface area contributed by atoms with Gasteiger partial charge in [-0.25, -0.2) is 14.4 Å². The van der Waals surface area contributed by atoms with Crippen LogP contribution in [0.25, 0.3) is 0 Å². The van der Waals surface area contributed by atoms with Gasteiger partial charge < -0.3 is 19.5 Å². The minimum Gasteiger partial charge on any atom is -0.465 e. The summed E-state index contributed by atoms with van der Waals surface area (Å²) in [5.74, 6) is -0.750. The fourth-order valence-electron chi connectivity index (χ4n) is 1.84. The lowest BCUT2D eigenvalue weighted by Crippen LogP contribution is -2.40. The lowest BCUT2D eigenvalue weighted by molar-refractivity contribution is 0.0559. The van der Waals surface area contributed by atoms with E-state index in [9.17, 15) is 14.4 Å². The summed E-state index contributed by atoms with van der Waals surface area (Å²) in [5, 5.41) is 5.12. The Hall–Kier alpha value is -3.10. The Kier molecular flexibility index (Phi) is 7.54. The number of carbonyl (C=O) groups excluding carboxylic acids is 3. The van der Waals surface area contributed by atoms with Crippen LogP contribution in [-0.4, -0.2) is 42.4 Å². The van der Waals surface area contributed by atoms with Crippen LogP contribution in [0.15, 0.2) is 29.3 Å². The van der Waals surface area contributed by atoms with Gasteiger partial charge in [-0.1, -0.05) is 6.07 Å². The van der Waals surface area contributed by atoms with Gasteiger partial charge in [-0.3, -0.25) is 5.32 Å². The first-order valence-electron chi connectivity index (χ1n) is 8.56. The molecule has 1 aromatic carbocycles. The van der Waals surface area contributed by atoms with Crippen LogP contribution in [-0.2, 0) is 14.2 Å². The van der Waals surface area contributed by atoms with E-state index in [1.165, 1.54) is 13.2 Å². The molecule has 0 aliphatic carbocycles. The normalized spacial score (nSPS) is 12.0. The highest BCUT2D eigenvalue weighted by Gasteiger charge is 2.20. The molecule has 0 aliphatic rings. The van der Waals surface area contributed by atoms with Crippen molar-refractivity contribution >= 4 is 29.8 Å². The Bertz CT molecular complexity index is 760. The third-order valence-electron chi connectivity index (χ3n) is 2.76. The van der Waals surface area contributed by atoms with E-state index in [1.54, 1.807) is 59.7 Å². The maximum atomic E-state index is 12.1. The van der Waals surface area contributed by atoms with Crippen LogP contribution in [0.2, 0.25) is 0 Å². The summed E-state index contributed by atoms with van der Waals surface area (Å²) < 4.78 is 15.0. The number of amides is 2. The van der Waals surface area contributed by atoms with E-state index in [0.29, 0.717) is 5.69 Å². The van der Waals surface area contributed by atoms with Gasteiger partial charge in [0.1, 0.15) is 11.2 Å². The van der Waals surface area contributed by atoms with Gasteiger partial charge >= 0.3 is 18.2 Å². The van der Waals surface area contributed by atoms with E-state index in [0.717, 1.165) is 0 Å². The van der Waals surface area contributed by atoms with Gasteiger partial charge in [-0.15, -0.1) is 4.99 Å². The van der Waals surface area contributed by atoms with Crippen molar-refractivity contribution in [3.8, 4) is 0 Å². The predicted molar refractivity (Wildman–Crippen MR) is 104 cm³/mol. The number of alkyl carbamates (subject to hydrolysis) is 1. The first kappa shape index (κ1) is 22.9. The second-order valence-electron chi connectivity index (χ2n) is 7.77. The maximum absolute atomic E-state index is 12.1. The van der Waals surface area contributed by atoms with Crippen LogP contribution < -0.4 is 10.6 Å². The SMILES string of the molecule is COC(=O)c1cccc(N/C(=N\C(=O)OC(C)(C)C)NC(=O)OC(C)(C)C)c1. The zero-order chi connectivity index (χ0) is 21.5. The number of esters is 1. The van der Waals surface area contributed by atoms with Crippen LogP contribution in [0.1, 0.15) is 51.9 Å². The lowest BCUT2D eigenvalue weighted by atomic mass is 10.2. The zero-order valence-electron chi connectivity index (χ0n) is 17.2. The first-order chi connectivity index (χ1) is 12.8. The van der Waals surface area contributed by atoms with Crippen LogP contribution in [0.5, 0.6) is 0 Å². The molecule has 2 N–H and O–H groups in total. The van der Waals surface area contributed by atoms with Crippen molar-refractivity contribution in [2.24, 2.45) is 4.99 Å². The molecule has 9 nitrogen and oxygen atoms in total. The van der Waals surface area contributed by atoms with Crippen molar-refractivity contribution in [2.45, 2.75) is 52.7 Å². The van der Waals surface area contributed by atoms with E-state index in [1.807, 2.05) is 0 Å². The largest absolute Gasteiger partial charge is 0.465 e. The first-order valence-corrected chi connectivity index (χ1v) is 8.56. The van der Waals surface area contributed by atoms with Gasteiger partial charge in [0.15, 0.2) is 0 Å².